The molecule has 224 valence electrons. The number of likely N-dealkylation sites (N-methyl/N-ethyl adjacent to an activating group) is 2. The maximum absolute atomic E-state index is 13.1. The molecule has 4 rings (SSSR count). The third-order valence-electron chi connectivity index (χ3n) is 6.84. The topological polar surface area (TPSA) is 131 Å². The van der Waals surface area contributed by atoms with Gasteiger partial charge >= 0.3 is 0 Å². The molecule has 0 aliphatic rings. The molecule has 0 saturated carbocycles. The van der Waals surface area contributed by atoms with Gasteiger partial charge in [-0.15, -0.1) is 11.3 Å². The molecule has 0 aliphatic carbocycles. The number of carbonyl (C=O) groups is 1. The molecule has 3 heterocycles. The smallest absolute Gasteiger partial charge is 0.253 e. The van der Waals surface area contributed by atoms with Crippen LogP contribution >= 0.6 is 11.3 Å². The molecule has 0 bridgehead atoms. The van der Waals surface area contributed by atoms with Gasteiger partial charge in [-0.3, -0.25) is 9.69 Å². The summed E-state index contributed by atoms with van der Waals surface area (Å²) in [7, 11) is 1.96. The molecule has 3 aromatic heterocycles. The lowest BCUT2D eigenvalue weighted by Crippen LogP contribution is -2.35. The molecule has 1 amide bonds. The van der Waals surface area contributed by atoms with Gasteiger partial charge in [0.05, 0.1) is 23.4 Å². The summed E-state index contributed by atoms with van der Waals surface area (Å²) in [5.41, 5.74) is 3.06. The zero-order valence-corrected chi connectivity index (χ0v) is 25.6. The predicted octanol–water partition coefficient (Wildman–Crippen LogP) is 3.80. The number of aliphatic hydroxyl groups excluding tert-OH is 2. The third kappa shape index (κ3) is 7.97. The summed E-state index contributed by atoms with van der Waals surface area (Å²) in [5.74, 6) is 1.77. The Balaban J connectivity index is 1.51. The van der Waals surface area contributed by atoms with E-state index in [4.69, 9.17) is 9.97 Å². The van der Waals surface area contributed by atoms with E-state index in [-0.39, 0.29) is 19.1 Å². The summed E-state index contributed by atoms with van der Waals surface area (Å²) in [6, 6.07) is 11.2. The van der Waals surface area contributed by atoms with E-state index < -0.39 is 0 Å². The number of nitrogens with one attached hydrogen (secondary N) is 1. The number of fused-ring (bicyclic) bond motifs is 1. The second-order valence-corrected chi connectivity index (χ2v) is 11.1. The molecule has 4 aromatic rings. The number of aryl methyl sites for hydroxylation is 1. The summed E-state index contributed by atoms with van der Waals surface area (Å²) in [6.45, 7) is 10.0. The number of aromatic nitrogens is 4. The number of rotatable bonds is 15. The van der Waals surface area contributed by atoms with Crippen molar-refractivity contribution in [1.82, 2.24) is 29.7 Å². The van der Waals surface area contributed by atoms with Crippen LogP contribution < -0.4 is 10.2 Å². The average Bonchev–Trinajstić information content (AvgIpc) is 3.42. The number of nitrogens with zero attached hydrogens (tertiary/aromatic N) is 7. The van der Waals surface area contributed by atoms with Gasteiger partial charge in [-0.1, -0.05) is 26.0 Å². The van der Waals surface area contributed by atoms with Gasteiger partial charge < -0.3 is 25.3 Å². The van der Waals surface area contributed by atoms with Gasteiger partial charge in [0.25, 0.3) is 5.91 Å². The van der Waals surface area contributed by atoms with Gasteiger partial charge in [-0.05, 0) is 32.0 Å². The maximum atomic E-state index is 13.1. The Morgan fingerprint density at radius 2 is 1.76 bits per heavy atom. The first-order valence-electron chi connectivity index (χ1n) is 14.3. The number of amides is 1. The third-order valence-corrected chi connectivity index (χ3v) is 7.89. The van der Waals surface area contributed by atoms with Crippen LogP contribution in [0.5, 0.6) is 0 Å². The van der Waals surface area contributed by atoms with Crippen LogP contribution in [0.25, 0.3) is 20.8 Å². The quantitative estimate of drug-likeness (QED) is 0.187. The molecule has 12 heteroatoms. The molecule has 0 unspecified atom stereocenters. The fourth-order valence-corrected chi connectivity index (χ4v) is 5.49. The van der Waals surface area contributed by atoms with Crippen LogP contribution in [0, 0.1) is 6.92 Å². The minimum atomic E-state index is -0.0972. The van der Waals surface area contributed by atoms with E-state index >= 15 is 0 Å². The summed E-state index contributed by atoms with van der Waals surface area (Å²) < 4.78 is 0.933. The Morgan fingerprint density at radius 1 is 0.952 bits per heavy atom. The zero-order valence-electron chi connectivity index (χ0n) is 24.7. The Labute approximate surface area is 250 Å². The van der Waals surface area contributed by atoms with Crippen LogP contribution in [0.15, 0.2) is 42.6 Å². The van der Waals surface area contributed by atoms with Crippen molar-refractivity contribution in [3.8, 4) is 10.6 Å². The Kier molecular flexibility index (Phi) is 11.1. The van der Waals surface area contributed by atoms with Crippen LogP contribution in [0.1, 0.15) is 36.3 Å². The van der Waals surface area contributed by atoms with E-state index in [1.165, 1.54) is 11.3 Å². The first kappa shape index (κ1) is 31.2. The molecular formula is C30H40N8O3S. The van der Waals surface area contributed by atoms with Crippen LogP contribution in [0.4, 0.5) is 17.6 Å². The summed E-state index contributed by atoms with van der Waals surface area (Å²) in [6.07, 6.45) is 2.61. The van der Waals surface area contributed by atoms with Crippen LogP contribution in [-0.2, 0) is 0 Å². The molecular weight excluding hydrogens is 552 g/mol. The molecule has 0 aliphatic heterocycles. The highest BCUT2D eigenvalue weighted by Crippen LogP contribution is 2.32. The van der Waals surface area contributed by atoms with E-state index in [1.807, 2.05) is 56.1 Å². The van der Waals surface area contributed by atoms with Gasteiger partial charge in [0.2, 0.25) is 5.95 Å². The number of anilines is 3. The van der Waals surface area contributed by atoms with Crippen molar-refractivity contribution >= 4 is 45.0 Å². The van der Waals surface area contributed by atoms with Gasteiger partial charge in [0, 0.05) is 74.9 Å². The van der Waals surface area contributed by atoms with Crippen molar-refractivity contribution in [3.63, 3.8) is 0 Å². The fourth-order valence-electron chi connectivity index (χ4n) is 4.58. The summed E-state index contributed by atoms with van der Waals surface area (Å²) in [5, 5.41) is 22.7. The average molecular weight is 593 g/mol. The molecule has 0 atom stereocenters. The summed E-state index contributed by atoms with van der Waals surface area (Å²) >= 11 is 1.52. The Hall–Kier alpha value is -3.71. The SMILES string of the molecule is CCCN(CCO)C(=O)c1cccc(-c2nc3cc(Nc4cc(C)nc(N(C)CCN(CC)CCO)n4)ncc3s2)c1. The van der Waals surface area contributed by atoms with Gasteiger partial charge in [0.15, 0.2) is 0 Å². The van der Waals surface area contributed by atoms with E-state index in [0.29, 0.717) is 42.8 Å². The van der Waals surface area contributed by atoms with Crippen molar-refractivity contribution in [3.05, 3.63) is 53.9 Å². The second kappa shape index (κ2) is 15.0. The number of thiazole rings is 1. The van der Waals surface area contributed by atoms with Crippen LogP contribution in [0.3, 0.4) is 0 Å². The summed E-state index contributed by atoms with van der Waals surface area (Å²) in [4.78, 5) is 37.6. The van der Waals surface area contributed by atoms with E-state index in [2.05, 4.69) is 27.1 Å². The molecule has 11 nitrogen and oxygen atoms in total. The molecule has 0 radical (unpaired) electrons. The number of hydrogen-bond donors (Lipinski definition) is 3. The van der Waals surface area contributed by atoms with Crippen molar-refractivity contribution in [2.45, 2.75) is 27.2 Å². The predicted molar refractivity (Wildman–Crippen MR) is 169 cm³/mol. The molecule has 0 fully saturated rings. The number of hydrogen-bond acceptors (Lipinski definition) is 11. The number of benzene rings is 1. The number of aliphatic hydroxyl groups is 2. The lowest BCUT2D eigenvalue weighted by atomic mass is 10.1. The number of pyridine rings is 1. The molecule has 42 heavy (non-hydrogen) atoms. The van der Waals surface area contributed by atoms with E-state index in [9.17, 15) is 15.0 Å². The highest BCUT2D eigenvalue weighted by Gasteiger charge is 2.17. The molecule has 0 saturated heterocycles. The van der Waals surface area contributed by atoms with Crippen molar-refractivity contribution in [2.24, 2.45) is 0 Å². The lowest BCUT2D eigenvalue weighted by Gasteiger charge is -2.24. The van der Waals surface area contributed by atoms with Crippen molar-refractivity contribution in [2.75, 3.05) is 69.7 Å². The fraction of sp³-hybridized carbons (Fsp3) is 0.433. The molecule has 3 N–H and O–H groups in total. The minimum absolute atomic E-state index is 0.0671. The van der Waals surface area contributed by atoms with E-state index in [1.54, 1.807) is 17.2 Å². The van der Waals surface area contributed by atoms with Gasteiger partial charge in [-0.2, -0.15) is 4.98 Å². The second-order valence-electron chi connectivity index (χ2n) is 10.1. The van der Waals surface area contributed by atoms with Crippen molar-refractivity contribution in [1.29, 1.82) is 0 Å². The largest absolute Gasteiger partial charge is 0.395 e. The standard InChI is InChI=1S/C30H40N8O3S/c1-5-10-38(14-16-40)29(41)23-9-7-8-22(18-23)28-33-24-19-26(31-20-25(24)42-28)34-27-17-21(3)32-30(35-27)36(4)11-12-37(6-2)13-15-39/h7-9,17-20,39-40H,5-6,10-16H2,1-4H3,(H,31,32,34,35). The van der Waals surface area contributed by atoms with Crippen molar-refractivity contribution < 1.29 is 15.0 Å². The first-order valence-corrected chi connectivity index (χ1v) is 15.1. The Bertz CT molecular complexity index is 1470. The maximum Gasteiger partial charge on any atom is 0.253 e. The monoisotopic (exact) mass is 592 g/mol. The number of carbonyl (C=O) groups excluding carboxylic acids is 1. The lowest BCUT2D eigenvalue weighted by molar-refractivity contribution is 0.0722. The highest BCUT2D eigenvalue weighted by atomic mass is 32.1. The molecule has 1 aromatic carbocycles. The van der Waals surface area contributed by atoms with Crippen LogP contribution in [-0.4, -0.2) is 105 Å². The minimum Gasteiger partial charge on any atom is -0.395 e. The molecule has 0 spiro atoms. The zero-order chi connectivity index (χ0) is 30.1. The van der Waals surface area contributed by atoms with E-state index in [0.717, 1.165) is 52.5 Å². The highest BCUT2D eigenvalue weighted by molar-refractivity contribution is 7.21. The Morgan fingerprint density at radius 3 is 2.50 bits per heavy atom. The van der Waals surface area contributed by atoms with Gasteiger partial charge in [-0.25, -0.2) is 15.0 Å². The first-order chi connectivity index (χ1) is 20.3. The van der Waals surface area contributed by atoms with Crippen LogP contribution in [0.2, 0.25) is 0 Å². The van der Waals surface area contributed by atoms with Gasteiger partial charge in [0.1, 0.15) is 16.6 Å². The normalized spacial score (nSPS) is 11.3.